The Morgan fingerprint density at radius 1 is 1.12 bits per heavy atom. The first-order valence-corrected chi connectivity index (χ1v) is 6.86. The number of rotatable bonds is 7. The minimum Gasteiger partial charge on any atom is -0.294 e. The largest absolute Gasteiger partial charge is 0.294 e. The molecule has 1 aromatic rings. The number of carbonyl (C=O) groups excluding carboxylic acids is 1. The number of carbonyl (C=O) groups is 1. The van der Waals surface area contributed by atoms with Gasteiger partial charge < -0.3 is 0 Å². The summed E-state index contributed by atoms with van der Waals surface area (Å²) in [6, 6.07) is 8.10. The topological polar surface area (TPSA) is 17.1 Å². The average Bonchev–Trinajstić information content (AvgIpc) is 2.38. The quantitative estimate of drug-likeness (QED) is 0.625. The molecule has 0 radical (unpaired) electrons. The lowest BCUT2D eigenvalue weighted by Gasteiger charge is -2.14. The third-order valence-electron chi connectivity index (χ3n) is 3.26. The van der Waals surface area contributed by atoms with Gasteiger partial charge >= 0.3 is 0 Å². The van der Waals surface area contributed by atoms with Gasteiger partial charge in [-0.2, -0.15) is 0 Å². The predicted octanol–water partition coefficient (Wildman–Crippen LogP) is 4.65. The molecule has 0 N–H and O–H groups in total. The molecule has 0 aliphatic rings. The van der Waals surface area contributed by atoms with Crippen molar-refractivity contribution in [2.75, 3.05) is 0 Å². The molecule has 1 rings (SSSR count). The maximum Gasteiger partial charge on any atom is 0.165 e. The van der Waals surface area contributed by atoms with Gasteiger partial charge in [0.1, 0.15) is 0 Å². The Morgan fingerprint density at radius 3 is 2.29 bits per heavy atom. The van der Waals surface area contributed by atoms with E-state index in [-0.39, 0.29) is 5.92 Å². The summed E-state index contributed by atoms with van der Waals surface area (Å²) in [6.07, 6.45) is 5.20. The van der Waals surface area contributed by atoms with Gasteiger partial charge in [-0.1, -0.05) is 51.8 Å². The van der Waals surface area contributed by atoms with Crippen LogP contribution in [0.15, 0.2) is 24.3 Å². The molecule has 0 amide bonds. The molecule has 94 valence electrons. The second-order valence-corrected chi connectivity index (χ2v) is 4.69. The van der Waals surface area contributed by atoms with E-state index in [9.17, 15) is 4.79 Å². The zero-order chi connectivity index (χ0) is 12.7. The van der Waals surface area contributed by atoms with Gasteiger partial charge in [-0.15, -0.1) is 0 Å². The lowest BCUT2D eigenvalue weighted by molar-refractivity contribution is 0.0905. The lowest BCUT2D eigenvalue weighted by atomic mass is 9.89. The number of benzene rings is 1. The van der Waals surface area contributed by atoms with Gasteiger partial charge in [0, 0.05) is 11.5 Å². The first kappa shape index (κ1) is 14.0. The van der Waals surface area contributed by atoms with Crippen molar-refractivity contribution in [3.05, 3.63) is 35.4 Å². The summed E-state index contributed by atoms with van der Waals surface area (Å²) in [7, 11) is 0. The van der Waals surface area contributed by atoms with Crippen LogP contribution in [-0.4, -0.2) is 5.78 Å². The fourth-order valence-corrected chi connectivity index (χ4v) is 2.28. The van der Waals surface area contributed by atoms with Gasteiger partial charge in [-0.05, 0) is 30.9 Å². The maximum absolute atomic E-state index is 12.4. The molecule has 0 heterocycles. The van der Waals surface area contributed by atoms with E-state index in [1.807, 2.05) is 12.1 Å². The average molecular weight is 232 g/mol. The molecule has 0 bridgehead atoms. The highest BCUT2D eigenvalue weighted by atomic mass is 16.1. The fraction of sp³-hybridized carbons (Fsp3) is 0.562. The van der Waals surface area contributed by atoms with E-state index in [4.69, 9.17) is 0 Å². The summed E-state index contributed by atoms with van der Waals surface area (Å²) >= 11 is 0. The molecule has 0 aromatic heterocycles. The molecule has 1 aromatic carbocycles. The Kier molecular flexibility index (Phi) is 5.96. The van der Waals surface area contributed by atoms with Crippen LogP contribution < -0.4 is 0 Å². The maximum atomic E-state index is 12.4. The number of Topliss-reactive ketones (excluding diaryl/α,β-unsaturated/α-hetero) is 1. The molecule has 0 spiro atoms. The summed E-state index contributed by atoms with van der Waals surface area (Å²) in [5.41, 5.74) is 2.15. The number of hydrogen-bond acceptors (Lipinski definition) is 1. The summed E-state index contributed by atoms with van der Waals surface area (Å²) < 4.78 is 0. The standard InChI is InChI=1S/C16H24O/c1-4-8-14(9-5-2)16(17)15-11-7-10-13(6-3)12-15/h7,10-12,14H,4-6,8-9H2,1-3H3. The molecule has 0 saturated carbocycles. The van der Waals surface area contributed by atoms with Crippen LogP contribution in [0.25, 0.3) is 0 Å². The third-order valence-corrected chi connectivity index (χ3v) is 3.26. The number of hydrogen-bond donors (Lipinski definition) is 0. The van der Waals surface area contributed by atoms with Gasteiger partial charge in [0.25, 0.3) is 0 Å². The normalized spacial score (nSPS) is 10.8. The van der Waals surface area contributed by atoms with Crippen LogP contribution in [0, 0.1) is 5.92 Å². The second-order valence-electron chi connectivity index (χ2n) is 4.69. The third kappa shape index (κ3) is 3.99. The zero-order valence-electron chi connectivity index (χ0n) is 11.3. The van der Waals surface area contributed by atoms with E-state index in [0.29, 0.717) is 5.78 Å². The van der Waals surface area contributed by atoms with Crippen LogP contribution in [0.3, 0.4) is 0 Å². The van der Waals surface area contributed by atoms with E-state index in [1.165, 1.54) is 5.56 Å². The molecular weight excluding hydrogens is 208 g/mol. The van der Waals surface area contributed by atoms with Crippen molar-refractivity contribution in [1.29, 1.82) is 0 Å². The fourth-order valence-electron chi connectivity index (χ4n) is 2.28. The van der Waals surface area contributed by atoms with Crippen molar-refractivity contribution in [1.82, 2.24) is 0 Å². The van der Waals surface area contributed by atoms with E-state index < -0.39 is 0 Å². The van der Waals surface area contributed by atoms with Crippen LogP contribution in [0.4, 0.5) is 0 Å². The van der Waals surface area contributed by atoms with E-state index in [0.717, 1.165) is 37.7 Å². The summed E-state index contributed by atoms with van der Waals surface area (Å²) in [5.74, 6) is 0.557. The highest BCUT2D eigenvalue weighted by Gasteiger charge is 2.18. The molecule has 1 nitrogen and oxygen atoms in total. The van der Waals surface area contributed by atoms with Gasteiger partial charge in [-0.25, -0.2) is 0 Å². The molecular formula is C16H24O. The number of ketones is 1. The molecule has 0 unspecified atom stereocenters. The predicted molar refractivity (Wildman–Crippen MR) is 73.5 cm³/mol. The Morgan fingerprint density at radius 2 is 1.76 bits per heavy atom. The highest BCUT2D eigenvalue weighted by molar-refractivity contribution is 5.97. The molecule has 1 heteroatoms. The van der Waals surface area contributed by atoms with Gasteiger partial charge in [0.05, 0.1) is 0 Å². The van der Waals surface area contributed by atoms with Crippen molar-refractivity contribution in [2.24, 2.45) is 5.92 Å². The Hall–Kier alpha value is -1.11. The Balaban J connectivity index is 2.84. The molecule has 0 saturated heterocycles. The minimum absolute atomic E-state index is 0.220. The van der Waals surface area contributed by atoms with Crippen molar-refractivity contribution < 1.29 is 4.79 Å². The van der Waals surface area contributed by atoms with Crippen LogP contribution in [-0.2, 0) is 6.42 Å². The summed E-state index contributed by atoms with van der Waals surface area (Å²) in [4.78, 5) is 12.4. The van der Waals surface area contributed by atoms with Crippen LogP contribution in [0.1, 0.15) is 62.4 Å². The van der Waals surface area contributed by atoms with E-state index >= 15 is 0 Å². The smallest absolute Gasteiger partial charge is 0.165 e. The molecule has 0 aliphatic heterocycles. The van der Waals surface area contributed by atoms with Crippen molar-refractivity contribution in [3.63, 3.8) is 0 Å². The Labute approximate surface area is 105 Å². The van der Waals surface area contributed by atoms with Crippen LogP contribution >= 0.6 is 0 Å². The van der Waals surface area contributed by atoms with Crippen LogP contribution in [0.2, 0.25) is 0 Å². The molecule has 0 aliphatic carbocycles. The first-order chi connectivity index (χ1) is 8.22. The van der Waals surface area contributed by atoms with Gasteiger partial charge in [-0.3, -0.25) is 4.79 Å². The highest BCUT2D eigenvalue weighted by Crippen LogP contribution is 2.20. The molecule has 17 heavy (non-hydrogen) atoms. The van der Waals surface area contributed by atoms with Gasteiger partial charge in [0.15, 0.2) is 5.78 Å². The van der Waals surface area contributed by atoms with Crippen LogP contribution in [0.5, 0.6) is 0 Å². The second kappa shape index (κ2) is 7.26. The molecule has 0 fully saturated rings. The van der Waals surface area contributed by atoms with Gasteiger partial charge in [0.2, 0.25) is 0 Å². The first-order valence-electron chi connectivity index (χ1n) is 6.86. The zero-order valence-corrected chi connectivity index (χ0v) is 11.3. The van der Waals surface area contributed by atoms with Crippen molar-refractivity contribution >= 4 is 5.78 Å². The SMILES string of the molecule is CCCC(CCC)C(=O)c1cccc(CC)c1. The Bertz CT molecular complexity index is 348. The molecule has 0 atom stereocenters. The summed E-state index contributed by atoms with van der Waals surface area (Å²) in [6.45, 7) is 6.43. The van der Waals surface area contributed by atoms with E-state index in [2.05, 4.69) is 32.9 Å². The summed E-state index contributed by atoms with van der Waals surface area (Å²) in [5, 5.41) is 0. The lowest BCUT2D eigenvalue weighted by Crippen LogP contribution is -2.14. The van der Waals surface area contributed by atoms with E-state index in [1.54, 1.807) is 0 Å². The van der Waals surface area contributed by atoms with Crippen molar-refractivity contribution in [2.45, 2.75) is 52.9 Å². The van der Waals surface area contributed by atoms with Crippen molar-refractivity contribution in [3.8, 4) is 0 Å². The number of aryl methyl sites for hydroxylation is 1. The minimum atomic E-state index is 0.220. The monoisotopic (exact) mass is 232 g/mol.